The van der Waals surface area contributed by atoms with Crippen LogP contribution >= 0.6 is 11.8 Å². The van der Waals surface area contributed by atoms with Crippen molar-refractivity contribution >= 4 is 23.6 Å². The minimum absolute atomic E-state index is 0.0465. The fraction of sp³-hybridized carbons (Fsp3) is 0.895. The average Bonchev–Trinajstić information content (AvgIpc) is 3.03. The third-order valence-corrected chi connectivity index (χ3v) is 8.39. The van der Waals surface area contributed by atoms with Crippen molar-refractivity contribution in [2.45, 2.75) is 68.0 Å². The van der Waals surface area contributed by atoms with Gasteiger partial charge in [-0.15, -0.1) is 11.8 Å². The number of carbonyl (C=O) groups excluding carboxylic acids is 2. The van der Waals surface area contributed by atoms with Gasteiger partial charge in [0.15, 0.2) is 0 Å². The van der Waals surface area contributed by atoms with E-state index in [4.69, 9.17) is 0 Å². The second kappa shape index (κ2) is 7.87. The summed E-state index contributed by atoms with van der Waals surface area (Å²) in [7, 11) is 1.98. The number of carbonyl (C=O) groups is 2. The molecule has 2 N–H and O–H groups in total. The molecule has 7 atom stereocenters. The predicted octanol–water partition coefficient (Wildman–Crippen LogP) is 1.17. The van der Waals surface area contributed by atoms with Crippen LogP contribution in [0.5, 0.6) is 0 Å². The molecule has 2 heterocycles. The SMILES string of the molecule is CC(=O)N1CCN(C)CC1C(=O)NC1NC2CCC3CC(F)CCC3C2S1. The van der Waals surface area contributed by atoms with E-state index in [0.717, 1.165) is 25.8 Å². The second-order valence-corrected chi connectivity index (χ2v) is 9.95. The van der Waals surface area contributed by atoms with Crippen molar-refractivity contribution in [1.82, 2.24) is 20.4 Å². The molecule has 0 radical (unpaired) electrons. The predicted molar refractivity (Wildman–Crippen MR) is 104 cm³/mol. The Balaban J connectivity index is 1.38. The highest BCUT2D eigenvalue weighted by atomic mass is 32.2. The van der Waals surface area contributed by atoms with Gasteiger partial charge >= 0.3 is 0 Å². The highest BCUT2D eigenvalue weighted by molar-refractivity contribution is 8.00. The minimum Gasteiger partial charge on any atom is -0.330 e. The molecule has 2 aliphatic carbocycles. The summed E-state index contributed by atoms with van der Waals surface area (Å²) in [5.74, 6) is 0.933. The van der Waals surface area contributed by atoms with Crippen LogP contribution in [0.25, 0.3) is 0 Å². The lowest BCUT2D eigenvalue weighted by atomic mass is 9.68. The van der Waals surface area contributed by atoms with Crippen LogP contribution in [0, 0.1) is 11.8 Å². The Kier molecular flexibility index (Phi) is 5.67. The van der Waals surface area contributed by atoms with Crippen LogP contribution in [0.2, 0.25) is 0 Å². The molecule has 4 rings (SSSR count). The van der Waals surface area contributed by atoms with Gasteiger partial charge in [0, 0.05) is 37.8 Å². The largest absolute Gasteiger partial charge is 0.330 e. The summed E-state index contributed by atoms with van der Waals surface area (Å²) in [5.41, 5.74) is -0.115. The zero-order chi connectivity index (χ0) is 19.1. The third-order valence-electron chi connectivity index (χ3n) is 6.87. The van der Waals surface area contributed by atoms with Crippen LogP contribution in [-0.2, 0) is 9.59 Å². The Bertz CT molecular complexity index is 594. The Morgan fingerprint density at radius 1 is 1.19 bits per heavy atom. The molecule has 0 aromatic heterocycles. The Hall–Kier alpha value is -0.860. The van der Waals surface area contributed by atoms with Gasteiger partial charge in [-0.25, -0.2) is 4.39 Å². The molecule has 0 spiro atoms. The molecule has 0 aromatic rings. The first kappa shape index (κ1) is 19.5. The number of halogens is 1. The molecule has 7 unspecified atom stereocenters. The number of likely N-dealkylation sites (N-methyl/N-ethyl adjacent to an activating group) is 1. The molecule has 2 amide bonds. The van der Waals surface area contributed by atoms with E-state index in [1.807, 2.05) is 7.05 Å². The van der Waals surface area contributed by atoms with Gasteiger partial charge in [0.05, 0.1) is 0 Å². The number of hydrogen-bond donors (Lipinski definition) is 2. The van der Waals surface area contributed by atoms with Crippen LogP contribution in [-0.4, -0.2) is 77.3 Å². The summed E-state index contributed by atoms with van der Waals surface area (Å²) in [6.45, 7) is 3.49. The zero-order valence-electron chi connectivity index (χ0n) is 16.2. The number of piperazine rings is 1. The fourth-order valence-corrected chi connectivity index (χ4v) is 7.15. The van der Waals surface area contributed by atoms with E-state index in [-0.39, 0.29) is 17.3 Å². The van der Waals surface area contributed by atoms with Gasteiger partial charge in [-0.2, -0.15) is 0 Å². The maximum Gasteiger partial charge on any atom is 0.246 e. The van der Waals surface area contributed by atoms with Gasteiger partial charge in [-0.05, 0) is 51.0 Å². The smallest absolute Gasteiger partial charge is 0.246 e. The van der Waals surface area contributed by atoms with Crippen LogP contribution in [0.1, 0.15) is 39.0 Å². The number of alkyl halides is 1. The molecule has 2 saturated carbocycles. The van der Waals surface area contributed by atoms with E-state index in [0.29, 0.717) is 49.1 Å². The van der Waals surface area contributed by atoms with Crippen LogP contribution in [0.15, 0.2) is 0 Å². The highest BCUT2D eigenvalue weighted by Gasteiger charge is 2.48. The minimum atomic E-state index is -0.626. The lowest BCUT2D eigenvalue weighted by molar-refractivity contribution is -0.142. The Labute approximate surface area is 165 Å². The molecule has 8 heteroatoms. The lowest BCUT2D eigenvalue weighted by Gasteiger charge is -2.42. The molecule has 2 saturated heterocycles. The van der Waals surface area contributed by atoms with Crippen LogP contribution < -0.4 is 10.6 Å². The normalized spacial score (nSPS) is 42.3. The number of thioether (sulfide) groups is 1. The number of hydrogen-bond acceptors (Lipinski definition) is 5. The van der Waals surface area contributed by atoms with E-state index in [1.54, 1.807) is 16.7 Å². The summed E-state index contributed by atoms with van der Waals surface area (Å²) in [4.78, 5) is 28.6. The molecule has 2 aliphatic heterocycles. The molecular weight excluding hydrogens is 367 g/mol. The standard InChI is InChI=1S/C19H31FN4O2S/c1-11(25)24-8-7-23(2)10-16(24)18(26)22-19-21-15-6-3-12-9-13(20)4-5-14(12)17(15)27-19/h12-17,19,21H,3-10H2,1-2H3,(H,22,26). The first-order valence-corrected chi connectivity index (χ1v) is 11.2. The highest BCUT2D eigenvalue weighted by Crippen LogP contribution is 2.48. The molecule has 0 aromatic carbocycles. The second-order valence-electron chi connectivity index (χ2n) is 8.66. The number of nitrogens with zero attached hydrogens (tertiary/aromatic N) is 2. The molecule has 4 fully saturated rings. The Morgan fingerprint density at radius 2 is 2.00 bits per heavy atom. The van der Waals surface area contributed by atoms with Gasteiger partial charge in [-0.1, -0.05) is 0 Å². The van der Waals surface area contributed by atoms with E-state index in [2.05, 4.69) is 15.5 Å². The van der Waals surface area contributed by atoms with E-state index in [9.17, 15) is 14.0 Å². The first-order chi connectivity index (χ1) is 12.9. The van der Waals surface area contributed by atoms with E-state index < -0.39 is 12.2 Å². The van der Waals surface area contributed by atoms with E-state index in [1.165, 1.54) is 6.92 Å². The van der Waals surface area contributed by atoms with Crippen molar-refractivity contribution in [3.05, 3.63) is 0 Å². The van der Waals surface area contributed by atoms with Crippen molar-refractivity contribution in [2.75, 3.05) is 26.7 Å². The van der Waals surface area contributed by atoms with Gasteiger partial charge in [-0.3, -0.25) is 14.9 Å². The maximum atomic E-state index is 13.8. The average molecular weight is 399 g/mol. The summed E-state index contributed by atoms with van der Waals surface area (Å²) in [5, 5.41) is 7.17. The molecule has 0 bridgehead atoms. The van der Waals surface area contributed by atoms with Gasteiger partial charge < -0.3 is 15.1 Å². The summed E-state index contributed by atoms with van der Waals surface area (Å²) in [6, 6.07) is -0.0309. The first-order valence-electron chi connectivity index (χ1n) is 10.2. The number of amides is 2. The molecule has 4 aliphatic rings. The summed E-state index contributed by atoms with van der Waals surface area (Å²) < 4.78 is 13.8. The van der Waals surface area contributed by atoms with E-state index >= 15 is 0 Å². The van der Waals surface area contributed by atoms with Crippen molar-refractivity contribution in [2.24, 2.45) is 11.8 Å². The number of nitrogens with one attached hydrogen (secondary N) is 2. The van der Waals surface area contributed by atoms with Gasteiger partial charge in [0.1, 0.15) is 17.7 Å². The molecule has 27 heavy (non-hydrogen) atoms. The van der Waals surface area contributed by atoms with Crippen molar-refractivity contribution in [3.8, 4) is 0 Å². The van der Waals surface area contributed by atoms with Gasteiger partial charge in [0.25, 0.3) is 0 Å². The summed E-state index contributed by atoms with van der Waals surface area (Å²) in [6.07, 6.45) is 3.89. The quantitative estimate of drug-likeness (QED) is 0.731. The van der Waals surface area contributed by atoms with Gasteiger partial charge in [0.2, 0.25) is 11.8 Å². The molecular formula is C19H31FN4O2S. The third kappa shape index (κ3) is 3.98. The fourth-order valence-electron chi connectivity index (χ4n) is 5.44. The zero-order valence-corrected chi connectivity index (χ0v) is 17.0. The number of rotatable bonds is 2. The Morgan fingerprint density at radius 3 is 2.78 bits per heavy atom. The maximum absolute atomic E-state index is 13.8. The molecule has 152 valence electrons. The summed E-state index contributed by atoms with van der Waals surface area (Å²) >= 11 is 1.80. The van der Waals surface area contributed by atoms with Crippen LogP contribution in [0.3, 0.4) is 0 Å². The van der Waals surface area contributed by atoms with Crippen LogP contribution in [0.4, 0.5) is 4.39 Å². The topological polar surface area (TPSA) is 64.7 Å². The number of fused-ring (bicyclic) bond motifs is 3. The van der Waals surface area contributed by atoms with Crippen molar-refractivity contribution < 1.29 is 14.0 Å². The van der Waals surface area contributed by atoms with Crippen molar-refractivity contribution in [1.29, 1.82) is 0 Å². The monoisotopic (exact) mass is 398 g/mol. The molecule has 6 nitrogen and oxygen atoms in total. The lowest BCUT2D eigenvalue weighted by Crippen LogP contribution is -2.61. The van der Waals surface area contributed by atoms with Crippen molar-refractivity contribution in [3.63, 3.8) is 0 Å².